The Labute approximate surface area is 129 Å². The SMILES string of the molecule is COC(=O)[C@H]1[C@@H](CBr)C[C@H](C)CN1Cc1ccccc1. The molecule has 1 aliphatic heterocycles. The first-order valence-corrected chi connectivity index (χ1v) is 8.19. The van der Waals surface area contributed by atoms with Crippen molar-refractivity contribution in [1.82, 2.24) is 4.90 Å². The molecule has 110 valence electrons. The molecule has 0 unspecified atom stereocenters. The Hall–Kier alpha value is -0.870. The van der Waals surface area contributed by atoms with Gasteiger partial charge in [-0.05, 0) is 23.8 Å². The van der Waals surface area contributed by atoms with Gasteiger partial charge in [-0.15, -0.1) is 0 Å². The number of methoxy groups -OCH3 is 1. The molecule has 0 aromatic heterocycles. The van der Waals surface area contributed by atoms with Crippen LogP contribution in [0.1, 0.15) is 18.9 Å². The fourth-order valence-corrected chi connectivity index (χ4v) is 3.74. The van der Waals surface area contributed by atoms with E-state index in [1.807, 2.05) is 18.2 Å². The van der Waals surface area contributed by atoms with Crippen molar-refractivity contribution in [2.24, 2.45) is 11.8 Å². The highest BCUT2D eigenvalue weighted by atomic mass is 79.9. The van der Waals surface area contributed by atoms with E-state index in [-0.39, 0.29) is 12.0 Å². The highest BCUT2D eigenvalue weighted by Gasteiger charge is 2.39. The van der Waals surface area contributed by atoms with Crippen molar-refractivity contribution in [3.05, 3.63) is 35.9 Å². The Balaban J connectivity index is 2.19. The van der Waals surface area contributed by atoms with Crippen LogP contribution in [-0.2, 0) is 16.1 Å². The number of likely N-dealkylation sites (tertiary alicyclic amines) is 1. The molecule has 1 heterocycles. The van der Waals surface area contributed by atoms with E-state index in [9.17, 15) is 4.79 Å². The van der Waals surface area contributed by atoms with Crippen LogP contribution in [-0.4, -0.2) is 35.9 Å². The molecule has 4 heteroatoms. The predicted octanol–water partition coefficient (Wildman–Crippen LogP) is 3.08. The lowest BCUT2D eigenvalue weighted by atomic mass is 9.84. The average molecular weight is 340 g/mol. The van der Waals surface area contributed by atoms with Crippen LogP contribution < -0.4 is 0 Å². The fraction of sp³-hybridized carbons (Fsp3) is 0.562. The molecule has 20 heavy (non-hydrogen) atoms. The van der Waals surface area contributed by atoms with Crippen molar-refractivity contribution in [2.45, 2.75) is 25.9 Å². The van der Waals surface area contributed by atoms with Gasteiger partial charge in [0.05, 0.1) is 7.11 Å². The van der Waals surface area contributed by atoms with Gasteiger partial charge in [0.25, 0.3) is 0 Å². The Morgan fingerprint density at radius 2 is 2.10 bits per heavy atom. The van der Waals surface area contributed by atoms with Gasteiger partial charge in [-0.1, -0.05) is 53.2 Å². The van der Waals surface area contributed by atoms with Crippen LogP contribution >= 0.6 is 15.9 Å². The molecule has 1 aliphatic rings. The number of hydrogen-bond donors (Lipinski definition) is 0. The molecule has 0 N–H and O–H groups in total. The second kappa shape index (κ2) is 7.23. The molecule has 0 saturated carbocycles. The first-order valence-electron chi connectivity index (χ1n) is 7.07. The first-order chi connectivity index (χ1) is 9.65. The topological polar surface area (TPSA) is 29.5 Å². The van der Waals surface area contributed by atoms with Crippen LogP contribution in [0.25, 0.3) is 0 Å². The minimum absolute atomic E-state index is 0.114. The van der Waals surface area contributed by atoms with Crippen LogP contribution in [0.3, 0.4) is 0 Å². The number of esters is 1. The molecule has 1 fully saturated rings. The summed E-state index contributed by atoms with van der Waals surface area (Å²) in [7, 11) is 1.48. The molecule has 0 radical (unpaired) electrons. The van der Waals surface area contributed by atoms with E-state index < -0.39 is 0 Å². The van der Waals surface area contributed by atoms with Crippen molar-refractivity contribution in [2.75, 3.05) is 19.0 Å². The van der Waals surface area contributed by atoms with E-state index >= 15 is 0 Å². The number of halogens is 1. The maximum absolute atomic E-state index is 12.2. The summed E-state index contributed by atoms with van der Waals surface area (Å²) >= 11 is 3.55. The Bertz CT molecular complexity index is 437. The number of hydrogen-bond acceptors (Lipinski definition) is 3. The lowest BCUT2D eigenvalue weighted by Gasteiger charge is -2.41. The van der Waals surface area contributed by atoms with Crippen molar-refractivity contribution < 1.29 is 9.53 Å². The van der Waals surface area contributed by atoms with Gasteiger partial charge in [0.15, 0.2) is 0 Å². The molecule has 0 amide bonds. The molecule has 0 aliphatic carbocycles. The molecule has 1 aromatic rings. The van der Waals surface area contributed by atoms with E-state index in [0.717, 1.165) is 24.8 Å². The van der Waals surface area contributed by atoms with Gasteiger partial charge in [0.1, 0.15) is 6.04 Å². The Morgan fingerprint density at radius 1 is 1.40 bits per heavy atom. The minimum atomic E-state index is -0.143. The van der Waals surface area contributed by atoms with Crippen LogP contribution in [0.4, 0.5) is 0 Å². The second-order valence-electron chi connectivity index (χ2n) is 5.64. The highest BCUT2D eigenvalue weighted by molar-refractivity contribution is 9.09. The smallest absolute Gasteiger partial charge is 0.323 e. The van der Waals surface area contributed by atoms with Crippen molar-refractivity contribution in [1.29, 1.82) is 0 Å². The molecule has 0 spiro atoms. The van der Waals surface area contributed by atoms with Gasteiger partial charge in [0, 0.05) is 18.4 Å². The van der Waals surface area contributed by atoms with Gasteiger partial charge in [-0.3, -0.25) is 9.69 Å². The van der Waals surface area contributed by atoms with Crippen LogP contribution in [0.15, 0.2) is 30.3 Å². The van der Waals surface area contributed by atoms with Gasteiger partial charge >= 0.3 is 5.97 Å². The maximum Gasteiger partial charge on any atom is 0.323 e. The molecular formula is C16H22BrNO2. The summed E-state index contributed by atoms with van der Waals surface area (Å²) in [5.74, 6) is 0.800. The van der Waals surface area contributed by atoms with Crippen molar-refractivity contribution in [3.63, 3.8) is 0 Å². The highest BCUT2D eigenvalue weighted by Crippen LogP contribution is 2.30. The third-order valence-electron chi connectivity index (χ3n) is 3.96. The van der Waals surface area contributed by atoms with Crippen LogP contribution in [0.2, 0.25) is 0 Å². The number of ether oxygens (including phenoxy) is 1. The monoisotopic (exact) mass is 339 g/mol. The fourth-order valence-electron chi connectivity index (χ4n) is 3.12. The van der Waals surface area contributed by atoms with Crippen molar-refractivity contribution >= 4 is 21.9 Å². The van der Waals surface area contributed by atoms with Gasteiger partial charge in [0.2, 0.25) is 0 Å². The number of alkyl halides is 1. The lowest BCUT2D eigenvalue weighted by molar-refractivity contribution is -0.151. The van der Waals surface area contributed by atoms with Crippen LogP contribution in [0.5, 0.6) is 0 Å². The maximum atomic E-state index is 12.2. The molecule has 0 bridgehead atoms. The van der Waals surface area contributed by atoms with E-state index in [0.29, 0.717) is 11.8 Å². The number of carbonyl (C=O) groups is 1. The quantitative estimate of drug-likeness (QED) is 0.623. The lowest BCUT2D eigenvalue weighted by Crippen LogP contribution is -2.52. The molecule has 3 nitrogen and oxygen atoms in total. The summed E-state index contributed by atoms with van der Waals surface area (Å²) in [6.45, 7) is 3.99. The van der Waals surface area contributed by atoms with E-state index in [1.165, 1.54) is 12.7 Å². The third-order valence-corrected chi connectivity index (χ3v) is 4.79. The Morgan fingerprint density at radius 3 is 2.70 bits per heavy atom. The second-order valence-corrected chi connectivity index (χ2v) is 6.29. The van der Waals surface area contributed by atoms with Crippen LogP contribution in [0, 0.1) is 11.8 Å². The Kier molecular flexibility index (Phi) is 5.61. The normalized spacial score (nSPS) is 27.2. The zero-order valence-electron chi connectivity index (χ0n) is 12.1. The van der Waals surface area contributed by atoms with E-state index in [2.05, 4.69) is 39.9 Å². The number of piperidine rings is 1. The summed E-state index contributed by atoms with van der Waals surface area (Å²) in [5.41, 5.74) is 1.24. The third kappa shape index (κ3) is 3.61. The molecule has 3 atom stereocenters. The van der Waals surface area contributed by atoms with E-state index in [4.69, 9.17) is 4.74 Å². The summed E-state index contributed by atoms with van der Waals surface area (Å²) in [5, 5.41) is 0.836. The molecular weight excluding hydrogens is 318 g/mol. The van der Waals surface area contributed by atoms with Crippen molar-refractivity contribution in [3.8, 4) is 0 Å². The minimum Gasteiger partial charge on any atom is -0.468 e. The van der Waals surface area contributed by atoms with Gasteiger partial charge in [-0.25, -0.2) is 0 Å². The summed E-state index contributed by atoms with van der Waals surface area (Å²) < 4.78 is 5.02. The number of benzene rings is 1. The van der Waals surface area contributed by atoms with Gasteiger partial charge in [-0.2, -0.15) is 0 Å². The van der Waals surface area contributed by atoms with Gasteiger partial charge < -0.3 is 4.74 Å². The zero-order chi connectivity index (χ0) is 14.5. The number of rotatable bonds is 4. The first kappa shape index (κ1) is 15.5. The average Bonchev–Trinajstić information content (AvgIpc) is 2.47. The molecule has 1 saturated heterocycles. The number of nitrogens with zero attached hydrogens (tertiary/aromatic N) is 1. The molecule has 1 aromatic carbocycles. The largest absolute Gasteiger partial charge is 0.468 e. The zero-order valence-corrected chi connectivity index (χ0v) is 13.7. The number of carbonyl (C=O) groups excluding carboxylic acids is 1. The summed E-state index contributed by atoms with van der Waals surface area (Å²) in [6.07, 6.45) is 1.07. The summed E-state index contributed by atoms with van der Waals surface area (Å²) in [4.78, 5) is 14.4. The van der Waals surface area contributed by atoms with E-state index in [1.54, 1.807) is 0 Å². The standard InChI is InChI=1S/C16H22BrNO2/c1-12-8-14(9-17)15(16(19)20-2)18(10-12)11-13-6-4-3-5-7-13/h3-7,12,14-15H,8-11H2,1-2H3/t12-,14+,15+/m0/s1. The predicted molar refractivity (Wildman–Crippen MR) is 83.7 cm³/mol. The summed E-state index contributed by atoms with van der Waals surface area (Å²) in [6, 6.07) is 10.2. The molecule has 2 rings (SSSR count).